The van der Waals surface area contributed by atoms with Gasteiger partial charge in [0.05, 0.1) is 32.0 Å². The van der Waals surface area contributed by atoms with Crippen LogP contribution in [0.5, 0.6) is 0 Å². The predicted molar refractivity (Wildman–Crippen MR) is 64.7 cm³/mol. The highest BCUT2D eigenvalue weighted by Crippen LogP contribution is 2.60. The zero-order chi connectivity index (χ0) is 11.7. The molecule has 0 saturated heterocycles. The quantitative estimate of drug-likeness (QED) is 0.567. The molecule has 0 amide bonds. The molecule has 0 aliphatic heterocycles. The Bertz CT molecular complexity index is 313. The Labute approximate surface area is 103 Å². The Balaban J connectivity index is 1.55. The van der Waals surface area contributed by atoms with Gasteiger partial charge in [-0.05, 0) is 49.5 Å². The monoisotopic (exact) mass is 238 g/mol. The third-order valence-corrected chi connectivity index (χ3v) is 4.69. The summed E-state index contributed by atoms with van der Waals surface area (Å²) < 4.78 is 11.4. The van der Waals surface area contributed by atoms with E-state index < -0.39 is 0 Å². The van der Waals surface area contributed by atoms with Gasteiger partial charge in [0.2, 0.25) is 0 Å². The number of ether oxygens (including phenoxy) is 2. The van der Waals surface area contributed by atoms with E-state index in [0.29, 0.717) is 19.8 Å². The zero-order valence-corrected chi connectivity index (χ0v) is 10.4. The van der Waals surface area contributed by atoms with Crippen molar-refractivity contribution in [3.63, 3.8) is 0 Å². The van der Waals surface area contributed by atoms with E-state index in [-0.39, 0.29) is 12.2 Å². The highest BCUT2D eigenvalue weighted by atomic mass is 16.5. The maximum absolute atomic E-state index is 8.63. The molecule has 3 rings (SSSR count). The van der Waals surface area contributed by atoms with Gasteiger partial charge in [-0.1, -0.05) is 6.08 Å². The molecule has 3 unspecified atom stereocenters. The van der Waals surface area contributed by atoms with E-state index >= 15 is 0 Å². The van der Waals surface area contributed by atoms with Gasteiger partial charge in [-0.25, -0.2) is 0 Å². The van der Waals surface area contributed by atoms with E-state index in [4.69, 9.17) is 14.6 Å². The molecule has 0 aromatic heterocycles. The minimum atomic E-state index is 0.0778. The van der Waals surface area contributed by atoms with E-state index in [1.165, 1.54) is 32.1 Å². The highest BCUT2D eigenvalue weighted by molar-refractivity contribution is 5.33. The summed E-state index contributed by atoms with van der Waals surface area (Å²) >= 11 is 0. The average molecular weight is 238 g/mol. The van der Waals surface area contributed by atoms with Crippen LogP contribution in [0.4, 0.5) is 0 Å². The largest absolute Gasteiger partial charge is 0.394 e. The second kappa shape index (κ2) is 4.71. The van der Waals surface area contributed by atoms with Crippen LogP contribution in [-0.2, 0) is 9.47 Å². The molecule has 17 heavy (non-hydrogen) atoms. The van der Waals surface area contributed by atoms with Gasteiger partial charge in [0, 0.05) is 0 Å². The molecule has 0 heterocycles. The lowest BCUT2D eigenvalue weighted by Crippen LogP contribution is -2.32. The van der Waals surface area contributed by atoms with Crippen molar-refractivity contribution in [3.05, 3.63) is 11.6 Å². The molecule has 3 aliphatic carbocycles. The van der Waals surface area contributed by atoms with Crippen molar-refractivity contribution in [3.8, 4) is 0 Å². The normalized spacial score (nSPS) is 38.5. The van der Waals surface area contributed by atoms with Crippen LogP contribution in [0, 0.1) is 11.8 Å². The Kier molecular flexibility index (Phi) is 3.24. The van der Waals surface area contributed by atoms with Crippen molar-refractivity contribution in [2.24, 2.45) is 11.8 Å². The van der Waals surface area contributed by atoms with E-state index in [9.17, 15) is 0 Å². The lowest BCUT2D eigenvalue weighted by atomic mass is 9.84. The van der Waals surface area contributed by atoms with Crippen molar-refractivity contribution in [2.75, 3.05) is 26.4 Å². The van der Waals surface area contributed by atoms with Gasteiger partial charge in [-0.2, -0.15) is 0 Å². The van der Waals surface area contributed by atoms with Crippen LogP contribution in [-0.4, -0.2) is 37.1 Å². The Morgan fingerprint density at radius 1 is 1.29 bits per heavy atom. The van der Waals surface area contributed by atoms with Crippen LogP contribution >= 0.6 is 0 Å². The Hall–Kier alpha value is -0.380. The first-order chi connectivity index (χ1) is 8.36. The molecule has 2 saturated carbocycles. The smallest absolute Gasteiger partial charge is 0.0898 e. The van der Waals surface area contributed by atoms with E-state index in [0.717, 1.165) is 11.8 Å². The number of fused-ring (bicyclic) bond motifs is 5. The molecule has 0 spiro atoms. The van der Waals surface area contributed by atoms with E-state index in [2.05, 4.69) is 6.08 Å². The summed E-state index contributed by atoms with van der Waals surface area (Å²) in [5.74, 6) is 1.73. The fourth-order valence-corrected chi connectivity index (χ4v) is 4.07. The van der Waals surface area contributed by atoms with Crippen molar-refractivity contribution >= 4 is 0 Å². The highest BCUT2D eigenvalue weighted by Gasteiger charge is 2.55. The van der Waals surface area contributed by atoms with Crippen LogP contribution < -0.4 is 0 Å². The average Bonchev–Trinajstić information content (AvgIpc) is 3.01. The molecule has 0 aromatic carbocycles. The van der Waals surface area contributed by atoms with Crippen LogP contribution in [0.3, 0.4) is 0 Å². The molecule has 3 heteroatoms. The van der Waals surface area contributed by atoms with Crippen molar-refractivity contribution < 1.29 is 14.6 Å². The summed E-state index contributed by atoms with van der Waals surface area (Å²) in [6.07, 6.45) is 8.83. The lowest BCUT2D eigenvalue weighted by Gasteiger charge is -2.31. The summed E-state index contributed by atoms with van der Waals surface area (Å²) in [6, 6.07) is 0. The number of rotatable bonds is 6. The molecule has 3 aliphatic rings. The van der Waals surface area contributed by atoms with Crippen LogP contribution in [0.1, 0.15) is 32.1 Å². The maximum Gasteiger partial charge on any atom is 0.0898 e. The molecule has 2 bridgehead atoms. The van der Waals surface area contributed by atoms with Gasteiger partial charge < -0.3 is 14.6 Å². The third-order valence-electron chi connectivity index (χ3n) is 4.69. The minimum Gasteiger partial charge on any atom is -0.394 e. The summed E-state index contributed by atoms with van der Waals surface area (Å²) in [6.45, 7) is 1.78. The number of hydrogen-bond acceptors (Lipinski definition) is 3. The van der Waals surface area contributed by atoms with Gasteiger partial charge in [0.1, 0.15) is 0 Å². The summed E-state index contributed by atoms with van der Waals surface area (Å²) in [5, 5.41) is 8.63. The van der Waals surface area contributed by atoms with Crippen molar-refractivity contribution in [1.29, 1.82) is 0 Å². The Morgan fingerprint density at radius 3 is 3.12 bits per heavy atom. The number of allylic oxidation sites excluding steroid dienone is 1. The second-order valence-electron chi connectivity index (χ2n) is 5.52. The first-order valence-corrected chi connectivity index (χ1v) is 6.89. The number of hydrogen-bond donors (Lipinski definition) is 1. The first-order valence-electron chi connectivity index (χ1n) is 6.89. The van der Waals surface area contributed by atoms with Crippen molar-refractivity contribution in [2.45, 2.75) is 37.7 Å². The maximum atomic E-state index is 8.63. The van der Waals surface area contributed by atoms with Crippen LogP contribution in [0.2, 0.25) is 0 Å². The van der Waals surface area contributed by atoms with Crippen LogP contribution in [0.15, 0.2) is 11.6 Å². The zero-order valence-electron chi connectivity index (χ0n) is 10.4. The molecule has 2 fully saturated rings. The summed E-state index contributed by atoms with van der Waals surface area (Å²) in [4.78, 5) is 0. The van der Waals surface area contributed by atoms with Gasteiger partial charge in [-0.3, -0.25) is 0 Å². The number of aliphatic hydroxyl groups is 1. The fourth-order valence-electron chi connectivity index (χ4n) is 4.07. The van der Waals surface area contributed by atoms with Gasteiger partial charge in [0.15, 0.2) is 0 Å². The van der Waals surface area contributed by atoms with Crippen LogP contribution in [0.25, 0.3) is 0 Å². The van der Waals surface area contributed by atoms with Gasteiger partial charge in [-0.15, -0.1) is 0 Å². The lowest BCUT2D eigenvalue weighted by molar-refractivity contribution is -0.0420. The van der Waals surface area contributed by atoms with Crippen molar-refractivity contribution in [1.82, 2.24) is 0 Å². The Morgan fingerprint density at radius 2 is 2.24 bits per heavy atom. The first kappa shape index (κ1) is 11.7. The second-order valence-corrected chi connectivity index (χ2v) is 5.52. The SMILES string of the molecule is OCCOCCOC12CCC(C1)C1CCC=C12. The summed E-state index contributed by atoms with van der Waals surface area (Å²) in [5.41, 5.74) is 1.69. The topological polar surface area (TPSA) is 38.7 Å². The minimum absolute atomic E-state index is 0.0778. The molecule has 0 aromatic rings. The van der Waals surface area contributed by atoms with Gasteiger partial charge >= 0.3 is 0 Å². The standard InChI is InChI=1S/C14H22O3/c15-6-7-16-8-9-17-14-5-4-11(10-14)12-2-1-3-13(12)14/h3,11-12,15H,1-2,4-10H2. The van der Waals surface area contributed by atoms with E-state index in [1.807, 2.05) is 0 Å². The molecular weight excluding hydrogens is 216 g/mol. The molecular formula is C14H22O3. The van der Waals surface area contributed by atoms with Gasteiger partial charge in [0.25, 0.3) is 0 Å². The van der Waals surface area contributed by atoms with E-state index in [1.54, 1.807) is 5.57 Å². The molecule has 1 N–H and O–H groups in total. The third kappa shape index (κ3) is 1.94. The number of aliphatic hydroxyl groups excluding tert-OH is 1. The molecule has 3 atom stereocenters. The summed E-state index contributed by atoms with van der Waals surface area (Å²) in [7, 11) is 0. The predicted octanol–water partition coefficient (Wildman–Crippen LogP) is 1.90. The fraction of sp³-hybridized carbons (Fsp3) is 0.857. The molecule has 3 nitrogen and oxygen atoms in total. The molecule has 96 valence electrons. The molecule has 0 radical (unpaired) electrons.